The van der Waals surface area contributed by atoms with E-state index in [1.54, 1.807) is 0 Å². The molecule has 0 saturated carbocycles. The monoisotopic (exact) mass is 218 g/mol. The van der Waals surface area contributed by atoms with Crippen molar-refractivity contribution in [2.45, 2.75) is 31.4 Å². The average Bonchev–Trinajstić information content (AvgIpc) is 2.17. The zero-order valence-electron chi connectivity index (χ0n) is 8.21. The third-order valence-corrected chi connectivity index (χ3v) is 2.20. The Morgan fingerprint density at radius 2 is 2.20 bits per heavy atom. The Morgan fingerprint density at radius 1 is 1.53 bits per heavy atom. The molecule has 0 spiro atoms. The highest BCUT2D eigenvalue weighted by Gasteiger charge is 2.38. The number of hydrogen-bond acceptors (Lipinski definition) is 6. The number of aliphatic hydroxyl groups is 2. The van der Waals surface area contributed by atoms with Crippen molar-refractivity contribution in [3.8, 4) is 0 Å². The molecule has 4 N–H and O–H groups in total. The van der Waals surface area contributed by atoms with Gasteiger partial charge in [-0.1, -0.05) is 0 Å². The second-order valence-corrected chi connectivity index (χ2v) is 3.34. The summed E-state index contributed by atoms with van der Waals surface area (Å²) in [6.07, 6.45) is -3.97. The molecular formula is C8H14N2O5. The topological polar surface area (TPSA) is 108 Å². The van der Waals surface area contributed by atoms with Crippen molar-refractivity contribution in [1.82, 2.24) is 10.6 Å². The van der Waals surface area contributed by atoms with Gasteiger partial charge in [-0.25, -0.2) is 0 Å². The van der Waals surface area contributed by atoms with Crippen LogP contribution in [0.5, 0.6) is 0 Å². The number of rotatable bonds is 3. The maximum Gasteiger partial charge on any atom is 0.293 e. The number of aliphatic hydroxyl groups excluding tert-OH is 2. The molecule has 0 aromatic heterocycles. The van der Waals surface area contributed by atoms with Gasteiger partial charge in [0.15, 0.2) is 0 Å². The minimum Gasteiger partial charge on any atom is -0.460 e. The summed E-state index contributed by atoms with van der Waals surface area (Å²) >= 11 is 0. The van der Waals surface area contributed by atoms with Crippen LogP contribution in [0.15, 0.2) is 0 Å². The molecule has 15 heavy (non-hydrogen) atoms. The molecule has 86 valence electrons. The largest absolute Gasteiger partial charge is 0.460 e. The standard InChI is InChI=1S/C8H14N2O5/c1-4(12)10-8-7(14)6(13)5(2-9-8)15-3-11/h3,5-9,13-14H,2H2,1H3,(H,10,12)/t5?,6-,7-,8?/m0/s1. The van der Waals surface area contributed by atoms with E-state index in [-0.39, 0.29) is 18.9 Å². The quantitative estimate of drug-likeness (QED) is 0.384. The SMILES string of the molecule is CC(=O)NC1NCC(OC=O)[C@H](O)[C@@H]1O. The highest BCUT2D eigenvalue weighted by molar-refractivity contribution is 5.73. The van der Waals surface area contributed by atoms with Crippen molar-refractivity contribution in [3.05, 3.63) is 0 Å². The second kappa shape index (κ2) is 5.06. The predicted octanol–water partition coefficient (Wildman–Crippen LogP) is -2.68. The van der Waals surface area contributed by atoms with Crippen LogP contribution in [0.4, 0.5) is 0 Å². The summed E-state index contributed by atoms with van der Waals surface area (Å²) < 4.78 is 4.55. The van der Waals surface area contributed by atoms with E-state index in [9.17, 15) is 19.8 Å². The Labute approximate surface area is 86.4 Å². The van der Waals surface area contributed by atoms with Gasteiger partial charge in [-0.15, -0.1) is 0 Å². The predicted molar refractivity (Wildman–Crippen MR) is 48.6 cm³/mol. The van der Waals surface area contributed by atoms with Crippen LogP contribution in [0, 0.1) is 0 Å². The van der Waals surface area contributed by atoms with Crippen LogP contribution in [0.3, 0.4) is 0 Å². The van der Waals surface area contributed by atoms with E-state index in [4.69, 9.17) is 0 Å². The van der Waals surface area contributed by atoms with Crippen molar-refractivity contribution in [2.24, 2.45) is 0 Å². The second-order valence-electron chi connectivity index (χ2n) is 3.34. The zero-order valence-corrected chi connectivity index (χ0v) is 8.21. The lowest BCUT2D eigenvalue weighted by Gasteiger charge is -2.37. The smallest absolute Gasteiger partial charge is 0.293 e. The lowest BCUT2D eigenvalue weighted by molar-refractivity contribution is -0.153. The lowest BCUT2D eigenvalue weighted by Crippen LogP contribution is -2.65. The minimum atomic E-state index is -1.22. The number of piperidine rings is 1. The van der Waals surface area contributed by atoms with Gasteiger partial charge in [-0.05, 0) is 0 Å². The first kappa shape index (κ1) is 11.9. The molecule has 1 aliphatic rings. The normalized spacial score (nSPS) is 35.7. The molecular weight excluding hydrogens is 204 g/mol. The molecule has 0 aromatic rings. The summed E-state index contributed by atoms with van der Waals surface area (Å²) in [6.45, 7) is 1.68. The van der Waals surface area contributed by atoms with Crippen LogP contribution in [-0.4, -0.2) is 53.6 Å². The Balaban J connectivity index is 2.55. The first-order valence-electron chi connectivity index (χ1n) is 4.52. The van der Waals surface area contributed by atoms with Crippen molar-refractivity contribution < 1.29 is 24.5 Å². The Morgan fingerprint density at radius 3 is 2.73 bits per heavy atom. The fourth-order valence-corrected chi connectivity index (χ4v) is 1.46. The summed E-state index contributed by atoms with van der Waals surface area (Å²) in [5.74, 6) is -0.325. The van der Waals surface area contributed by atoms with Crippen molar-refractivity contribution in [1.29, 1.82) is 0 Å². The fourth-order valence-electron chi connectivity index (χ4n) is 1.46. The van der Waals surface area contributed by atoms with Crippen molar-refractivity contribution >= 4 is 12.4 Å². The molecule has 1 rings (SSSR count). The maximum atomic E-state index is 10.7. The van der Waals surface area contributed by atoms with Gasteiger partial charge < -0.3 is 20.3 Å². The summed E-state index contributed by atoms with van der Waals surface area (Å²) in [6, 6.07) is 0. The summed E-state index contributed by atoms with van der Waals surface area (Å²) in [5.41, 5.74) is 0. The van der Waals surface area contributed by atoms with Crippen molar-refractivity contribution in [2.75, 3.05) is 6.54 Å². The van der Waals surface area contributed by atoms with Crippen LogP contribution in [0.1, 0.15) is 6.92 Å². The number of nitrogens with one attached hydrogen (secondary N) is 2. The number of ether oxygens (including phenoxy) is 1. The van der Waals surface area contributed by atoms with E-state index in [2.05, 4.69) is 15.4 Å². The highest BCUT2D eigenvalue weighted by atomic mass is 16.5. The summed E-state index contributed by atoms with van der Waals surface area (Å²) in [7, 11) is 0. The summed E-state index contributed by atoms with van der Waals surface area (Å²) in [4.78, 5) is 20.8. The molecule has 0 radical (unpaired) electrons. The number of hydrogen-bond donors (Lipinski definition) is 4. The van der Waals surface area contributed by atoms with Gasteiger partial charge in [0.1, 0.15) is 24.5 Å². The van der Waals surface area contributed by atoms with Crippen LogP contribution >= 0.6 is 0 Å². The van der Waals surface area contributed by atoms with E-state index >= 15 is 0 Å². The molecule has 2 unspecified atom stereocenters. The Hall–Kier alpha value is -1.18. The van der Waals surface area contributed by atoms with Gasteiger partial charge in [0.05, 0.1) is 0 Å². The first-order chi connectivity index (χ1) is 7.06. The van der Waals surface area contributed by atoms with Gasteiger partial charge in [0.25, 0.3) is 6.47 Å². The molecule has 1 aliphatic heterocycles. The molecule has 4 atom stereocenters. The Kier molecular flexibility index (Phi) is 4.01. The van der Waals surface area contributed by atoms with Gasteiger partial charge >= 0.3 is 0 Å². The molecule has 1 saturated heterocycles. The molecule has 0 bridgehead atoms. The van der Waals surface area contributed by atoms with E-state index in [0.717, 1.165) is 0 Å². The van der Waals surface area contributed by atoms with E-state index in [1.807, 2.05) is 0 Å². The average molecular weight is 218 g/mol. The fraction of sp³-hybridized carbons (Fsp3) is 0.750. The number of amides is 1. The van der Waals surface area contributed by atoms with Gasteiger partial charge in [0.2, 0.25) is 5.91 Å². The van der Waals surface area contributed by atoms with Crippen LogP contribution in [-0.2, 0) is 14.3 Å². The molecule has 1 amide bonds. The molecule has 0 aromatic carbocycles. The van der Waals surface area contributed by atoms with E-state index < -0.39 is 24.5 Å². The molecule has 1 heterocycles. The van der Waals surface area contributed by atoms with Gasteiger partial charge in [-0.3, -0.25) is 14.9 Å². The molecule has 7 nitrogen and oxygen atoms in total. The molecule has 7 heteroatoms. The molecule has 0 aliphatic carbocycles. The lowest BCUT2D eigenvalue weighted by atomic mass is 10.0. The zero-order chi connectivity index (χ0) is 11.4. The number of carbonyl (C=O) groups excluding carboxylic acids is 2. The third kappa shape index (κ3) is 2.88. The van der Waals surface area contributed by atoms with Gasteiger partial charge in [0, 0.05) is 13.5 Å². The maximum absolute atomic E-state index is 10.7. The third-order valence-electron chi connectivity index (χ3n) is 2.20. The van der Waals surface area contributed by atoms with Crippen LogP contribution in [0.25, 0.3) is 0 Å². The summed E-state index contributed by atoms with van der Waals surface area (Å²) in [5, 5.41) is 24.2. The van der Waals surface area contributed by atoms with Crippen LogP contribution < -0.4 is 10.6 Å². The minimum absolute atomic E-state index is 0.169. The Bertz CT molecular complexity index is 247. The molecule has 1 fully saturated rings. The van der Waals surface area contributed by atoms with Crippen LogP contribution in [0.2, 0.25) is 0 Å². The van der Waals surface area contributed by atoms with Crippen molar-refractivity contribution in [3.63, 3.8) is 0 Å². The van der Waals surface area contributed by atoms with E-state index in [1.165, 1.54) is 6.92 Å². The highest BCUT2D eigenvalue weighted by Crippen LogP contribution is 2.11. The van der Waals surface area contributed by atoms with Gasteiger partial charge in [-0.2, -0.15) is 0 Å². The van der Waals surface area contributed by atoms with E-state index in [0.29, 0.717) is 0 Å². The first-order valence-corrected chi connectivity index (χ1v) is 4.52. The number of carbonyl (C=O) groups is 2.